The molecule has 0 aliphatic heterocycles. The van der Waals surface area contributed by atoms with Crippen molar-refractivity contribution in [2.24, 2.45) is 0 Å². The molecule has 0 spiro atoms. The van der Waals surface area contributed by atoms with E-state index in [2.05, 4.69) is 6.07 Å². The van der Waals surface area contributed by atoms with Crippen LogP contribution in [0.2, 0.25) is 0 Å². The lowest BCUT2D eigenvalue weighted by Crippen LogP contribution is -2.20. The predicted molar refractivity (Wildman–Crippen MR) is 80.6 cm³/mol. The van der Waals surface area contributed by atoms with E-state index in [1.807, 2.05) is 19.9 Å². The first-order chi connectivity index (χ1) is 10.1. The summed E-state index contributed by atoms with van der Waals surface area (Å²) in [5, 5.41) is 0. The number of hydrogen-bond donors (Lipinski definition) is 0. The average molecular weight is 286 g/mol. The van der Waals surface area contributed by atoms with Crippen molar-refractivity contribution in [3.63, 3.8) is 0 Å². The van der Waals surface area contributed by atoms with Crippen molar-refractivity contribution in [2.75, 3.05) is 0 Å². The Hall–Kier alpha value is -1.64. The predicted octanol–water partition coefficient (Wildman–Crippen LogP) is 3.58. The molecule has 1 atom stereocenters. The molecule has 3 heteroatoms. The van der Waals surface area contributed by atoms with E-state index in [4.69, 9.17) is 4.74 Å². The molecule has 21 heavy (non-hydrogen) atoms. The molecule has 2 aliphatic rings. The second-order valence-electron chi connectivity index (χ2n) is 6.42. The van der Waals surface area contributed by atoms with Gasteiger partial charge >= 0.3 is 5.97 Å². The molecule has 3 rings (SSSR count). The maximum atomic E-state index is 12.4. The van der Waals surface area contributed by atoms with E-state index in [-0.39, 0.29) is 23.8 Å². The van der Waals surface area contributed by atoms with E-state index in [9.17, 15) is 9.59 Å². The van der Waals surface area contributed by atoms with E-state index in [0.29, 0.717) is 12.8 Å². The molecule has 0 saturated heterocycles. The molecule has 1 aromatic carbocycles. The van der Waals surface area contributed by atoms with Gasteiger partial charge in [-0.05, 0) is 68.7 Å². The van der Waals surface area contributed by atoms with Crippen molar-refractivity contribution < 1.29 is 14.3 Å². The molecule has 2 aliphatic carbocycles. The van der Waals surface area contributed by atoms with Gasteiger partial charge in [0.2, 0.25) is 0 Å². The van der Waals surface area contributed by atoms with Gasteiger partial charge in [0.1, 0.15) is 0 Å². The fourth-order valence-electron chi connectivity index (χ4n) is 3.49. The Morgan fingerprint density at radius 2 is 1.86 bits per heavy atom. The molecule has 0 heterocycles. The third-order valence-electron chi connectivity index (χ3n) is 4.47. The lowest BCUT2D eigenvalue weighted by molar-refractivity contribution is -0.149. The third kappa shape index (κ3) is 2.74. The first-order valence-electron chi connectivity index (χ1n) is 7.95. The number of benzene rings is 1. The number of carbonyl (C=O) groups excluding carboxylic acids is 2. The first-order valence-corrected chi connectivity index (χ1v) is 7.95. The van der Waals surface area contributed by atoms with Crippen LogP contribution in [0.15, 0.2) is 12.1 Å². The fraction of sp³-hybridized carbons (Fsp3) is 0.556. The van der Waals surface area contributed by atoms with E-state index in [1.165, 1.54) is 11.1 Å². The summed E-state index contributed by atoms with van der Waals surface area (Å²) >= 11 is 0. The van der Waals surface area contributed by atoms with Crippen molar-refractivity contribution in [2.45, 2.75) is 64.4 Å². The zero-order chi connectivity index (χ0) is 15.0. The van der Waals surface area contributed by atoms with Crippen molar-refractivity contribution >= 4 is 11.8 Å². The van der Waals surface area contributed by atoms with Gasteiger partial charge in [-0.15, -0.1) is 0 Å². The smallest absolute Gasteiger partial charge is 0.313 e. The Morgan fingerprint density at radius 1 is 1.14 bits per heavy atom. The van der Waals surface area contributed by atoms with E-state index < -0.39 is 0 Å². The van der Waals surface area contributed by atoms with Crippen LogP contribution in [-0.2, 0) is 22.4 Å². The van der Waals surface area contributed by atoms with Crippen LogP contribution in [0.4, 0.5) is 0 Å². The molecular formula is C18H22O3. The van der Waals surface area contributed by atoms with Gasteiger partial charge in [-0.25, -0.2) is 0 Å². The molecule has 112 valence electrons. The maximum absolute atomic E-state index is 12.4. The number of ether oxygens (including phenoxy) is 1. The summed E-state index contributed by atoms with van der Waals surface area (Å²) in [5.41, 5.74) is 4.27. The molecule has 1 aromatic rings. The number of hydrogen-bond acceptors (Lipinski definition) is 3. The highest BCUT2D eigenvalue weighted by atomic mass is 16.5. The highest BCUT2D eigenvalue weighted by Gasteiger charge is 2.31. The van der Waals surface area contributed by atoms with Crippen LogP contribution in [0.25, 0.3) is 0 Å². The average Bonchev–Trinajstić information content (AvgIpc) is 2.81. The monoisotopic (exact) mass is 286 g/mol. The standard InChI is InChI=1S/C18H22O3/c1-11(2)21-18(20)14-7-4-8-17(19)16-10-13-6-3-5-12(13)9-15(14)16/h9-11,14H,3-8H2,1-2H3. The summed E-state index contributed by atoms with van der Waals surface area (Å²) in [6.45, 7) is 3.73. The molecular weight excluding hydrogens is 264 g/mol. The van der Waals surface area contributed by atoms with E-state index in [0.717, 1.165) is 36.8 Å². The van der Waals surface area contributed by atoms with Crippen LogP contribution in [0, 0.1) is 0 Å². The van der Waals surface area contributed by atoms with Gasteiger partial charge in [0.25, 0.3) is 0 Å². The Bertz CT molecular complexity index is 586. The second-order valence-corrected chi connectivity index (χ2v) is 6.42. The summed E-state index contributed by atoms with van der Waals surface area (Å²) in [6.07, 6.45) is 5.15. The molecule has 0 N–H and O–H groups in total. The quantitative estimate of drug-likeness (QED) is 0.616. The van der Waals surface area contributed by atoms with Crippen LogP contribution in [0.3, 0.4) is 0 Å². The second kappa shape index (κ2) is 5.63. The molecule has 3 nitrogen and oxygen atoms in total. The molecule has 0 bridgehead atoms. The zero-order valence-electron chi connectivity index (χ0n) is 12.8. The number of fused-ring (bicyclic) bond motifs is 2. The van der Waals surface area contributed by atoms with Crippen LogP contribution >= 0.6 is 0 Å². The summed E-state index contributed by atoms with van der Waals surface area (Å²) in [4.78, 5) is 24.7. The Kier molecular flexibility index (Phi) is 3.83. The van der Waals surface area contributed by atoms with Crippen LogP contribution < -0.4 is 0 Å². The molecule has 0 saturated carbocycles. The van der Waals surface area contributed by atoms with E-state index in [1.54, 1.807) is 0 Å². The van der Waals surface area contributed by atoms with Crippen molar-refractivity contribution in [1.29, 1.82) is 0 Å². The Balaban J connectivity index is 2.03. The van der Waals surface area contributed by atoms with Gasteiger partial charge in [0.05, 0.1) is 12.0 Å². The summed E-state index contributed by atoms with van der Waals surface area (Å²) in [6, 6.07) is 4.15. The van der Waals surface area contributed by atoms with Crippen LogP contribution in [0.5, 0.6) is 0 Å². The number of esters is 1. The zero-order valence-corrected chi connectivity index (χ0v) is 12.8. The topological polar surface area (TPSA) is 43.4 Å². The first kappa shape index (κ1) is 14.3. The summed E-state index contributed by atoms with van der Waals surface area (Å²) < 4.78 is 5.41. The lowest BCUT2D eigenvalue weighted by atomic mass is 9.89. The molecule has 0 aromatic heterocycles. The highest BCUT2D eigenvalue weighted by Crippen LogP contribution is 2.36. The molecule has 0 fully saturated rings. The lowest BCUT2D eigenvalue weighted by Gasteiger charge is -2.19. The van der Waals surface area contributed by atoms with Gasteiger partial charge in [-0.1, -0.05) is 6.07 Å². The molecule has 1 unspecified atom stereocenters. The SMILES string of the molecule is CC(C)OC(=O)C1CCCC(=O)c2cc3c(cc21)CCC3. The fourth-order valence-corrected chi connectivity index (χ4v) is 3.49. The van der Waals surface area contributed by atoms with Crippen LogP contribution in [-0.4, -0.2) is 17.9 Å². The van der Waals surface area contributed by atoms with Crippen LogP contribution in [0.1, 0.15) is 72.5 Å². The van der Waals surface area contributed by atoms with Crippen molar-refractivity contribution in [1.82, 2.24) is 0 Å². The van der Waals surface area contributed by atoms with Crippen molar-refractivity contribution in [3.05, 3.63) is 34.4 Å². The number of carbonyl (C=O) groups is 2. The molecule has 0 amide bonds. The van der Waals surface area contributed by atoms with Gasteiger partial charge in [-0.2, -0.15) is 0 Å². The third-order valence-corrected chi connectivity index (χ3v) is 4.47. The van der Waals surface area contributed by atoms with E-state index >= 15 is 0 Å². The van der Waals surface area contributed by atoms with Gasteiger partial charge in [0, 0.05) is 12.0 Å². The highest BCUT2D eigenvalue weighted by molar-refractivity contribution is 6.00. The minimum Gasteiger partial charge on any atom is -0.463 e. The number of rotatable bonds is 2. The van der Waals surface area contributed by atoms with Gasteiger partial charge < -0.3 is 4.74 Å². The van der Waals surface area contributed by atoms with Gasteiger partial charge in [-0.3, -0.25) is 9.59 Å². The summed E-state index contributed by atoms with van der Waals surface area (Å²) in [7, 11) is 0. The minimum absolute atomic E-state index is 0.116. The minimum atomic E-state index is -0.278. The summed E-state index contributed by atoms with van der Waals surface area (Å²) in [5.74, 6) is -0.279. The number of Topliss-reactive ketones (excluding diaryl/α,β-unsaturated/α-hetero) is 1. The Labute approximate surface area is 125 Å². The Morgan fingerprint density at radius 3 is 2.57 bits per heavy atom. The molecule has 0 radical (unpaired) electrons. The number of ketones is 1. The van der Waals surface area contributed by atoms with Gasteiger partial charge in [0.15, 0.2) is 5.78 Å². The normalized spacial score (nSPS) is 20.9. The maximum Gasteiger partial charge on any atom is 0.313 e. The van der Waals surface area contributed by atoms with Crippen molar-refractivity contribution in [3.8, 4) is 0 Å². The largest absolute Gasteiger partial charge is 0.463 e. The number of aryl methyl sites for hydroxylation is 2.